The molecule has 0 fully saturated rings. The minimum Gasteiger partial charge on any atom is -0.763 e. The molecule has 0 aliphatic carbocycles. The van der Waals surface area contributed by atoms with Crippen LogP contribution in [0.25, 0.3) is 11.0 Å². The van der Waals surface area contributed by atoms with Crippen LogP contribution in [0.2, 0.25) is 0 Å². The molecule has 1 N–H and O–H groups in total. The molecule has 0 atom stereocenters. The van der Waals surface area contributed by atoms with E-state index in [1.807, 2.05) is 19.9 Å². The van der Waals surface area contributed by atoms with Crippen LogP contribution in [-0.2, 0) is 17.6 Å². The average Bonchev–Trinajstić information content (AvgIpc) is 3.76. The maximum Gasteiger partial charge on any atom is 0.273 e. The number of nitrogens with zero attached hydrogens (tertiary/aromatic N) is 5. The molecule has 0 saturated carbocycles. The maximum atomic E-state index is 12.6. The predicted molar refractivity (Wildman–Crippen MR) is 182 cm³/mol. The summed E-state index contributed by atoms with van der Waals surface area (Å²) < 4.78 is 0. The maximum absolute atomic E-state index is 12.6. The molecule has 0 bridgehead atoms. The molecule has 0 unspecified atom stereocenters. The van der Waals surface area contributed by atoms with Crippen LogP contribution in [0.4, 0.5) is 0 Å². The fraction of sp³-hybridized carbons (Fsp3) is 0.432. The number of aromatic amines is 1. The molecule has 1 aromatic rings. The molecule has 4 heterocycles. The van der Waals surface area contributed by atoms with E-state index in [1.54, 1.807) is 0 Å². The third kappa shape index (κ3) is 5.51. The van der Waals surface area contributed by atoms with Gasteiger partial charge in [0.2, 0.25) is 0 Å². The van der Waals surface area contributed by atoms with Gasteiger partial charge in [-0.15, -0.1) is 0 Å². The lowest BCUT2D eigenvalue weighted by Gasteiger charge is -2.12. The van der Waals surface area contributed by atoms with Crippen LogP contribution in [-0.4, -0.2) is 33.9 Å². The molecule has 1 amide bonds. The summed E-state index contributed by atoms with van der Waals surface area (Å²) in [5, 5.41) is 20.3. The highest BCUT2D eigenvalue weighted by atomic mass is 16.1. The van der Waals surface area contributed by atoms with Gasteiger partial charge >= 0.3 is 0 Å². The van der Waals surface area contributed by atoms with Crippen LogP contribution in [0, 0.1) is 11.3 Å². The van der Waals surface area contributed by atoms with E-state index in [0.717, 1.165) is 93.9 Å². The van der Waals surface area contributed by atoms with Crippen LogP contribution < -0.4 is 0 Å². The fourth-order valence-corrected chi connectivity index (χ4v) is 6.82. The second-order valence-electron chi connectivity index (χ2n) is 10.9. The van der Waals surface area contributed by atoms with E-state index in [-0.39, 0.29) is 5.91 Å². The number of nitriles is 1. The molecule has 7 nitrogen and oxygen atoms in total. The number of amides is 1. The van der Waals surface area contributed by atoms with Gasteiger partial charge in [-0.05, 0) is 103 Å². The van der Waals surface area contributed by atoms with E-state index < -0.39 is 0 Å². The monoisotopic (exact) mass is 587 g/mol. The summed E-state index contributed by atoms with van der Waals surface area (Å²) in [6.45, 7) is 16.6. The number of rotatable bonds is 12. The molecule has 3 aliphatic rings. The molecular weight excluding hydrogens is 544 g/mol. The Kier molecular flexibility index (Phi) is 10.3. The van der Waals surface area contributed by atoms with Crippen molar-refractivity contribution in [3.63, 3.8) is 0 Å². The smallest absolute Gasteiger partial charge is 0.273 e. The lowest BCUT2D eigenvalue weighted by atomic mass is 9.92. The van der Waals surface area contributed by atoms with Gasteiger partial charge in [0.1, 0.15) is 11.8 Å². The molecule has 1 aromatic heterocycles. The van der Waals surface area contributed by atoms with E-state index in [4.69, 9.17) is 9.98 Å². The molecule has 0 spiro atoms. The summed E-state index contributed by atoms with van der Waals surface area (Å²) in [4.78, 5) is 30.4. The average molecular weight is 588 g/mol. The van der Waals surface area contributed by atoms with Gasteiger partial charge in [0, 0.05) is 11.1 Å². The summed E-state index contributed by atoms with van der Waals surface area (Å²) in [6, 6.07) is 2.28. The van der Waals surface area contributed by atoms with Gasteiger partial charge in [-0.25, -0.2) is 15.0 Å². The van der Waals surface area contributed by atoms with Crippen molar-refractivity contribution in [2.75, 3.05) is 0 Å². The Balaban J connectivity index is 1.87. The summed E-state index contributed by atoms with van der Waals surface area (Å²) in [7, 11) is 0. The van der Waals surface area contributed by atoms with Gasteiger partial charge in [0.15, 0.2) is 0 Å². The van der Waals surface area contributed by atoms with E-state index >= 15 is 0 Å². The van der Waals surface area contributed by atoms with Gasteiger partial charge in [0.05, 0.1) is 34.2 Å². The number of allylic oxidation sites excluding steroid dienone is 8. The Morgan fingerprint density at radius 2 is 1.18 bits per heavy atom. The number of carbonyl (C=O) groups excluding carboxylic acids is 1. The number of carbonyl (C=O) groups is 1. The van der Waals surface area contributed by atoms with E-state index in [1.165, 1.54) is 5.57 Å². The molecule has 0 saturated heterocycles. The van der Waals surface area contributed by atoms with Crippen molar-refractivity contribution in [2.24, 2.45) is 15.0 Å². The number of H-pyrrole nitrogens is 1. The molecule has 0 radical (unpaired) electrons. The van der Waals surface area contributed by atoms with Crippen LogP contribution in [0.15, 0.2) is 72.0 Å². The highest BCUT2D eigenvalue weighted by Crippen LogP contribution is 2.38. The fourth-order valence-electron chi connectivity index (χ4n) is 6.82. The molecule has 0 aromatic carbocycles. The third-order valence-electron chi connectivity index (χ3n) is 8.87. The Labute approximate surface area is 261 Å². The van der Waals surface area contributed by atoms with E-state index in [2.05, 4.69) is 69.5 Å². The summed E-state index contributed by atoms with van der Waals surface area (Å²) in [5.74, 6) is 2.30. The largest absolute Gasteiger partial charge is 0.763 e. The normalized spacial score (nSPS) is 18.5. The van der Waals surface area contributed by atoms with Crippen molar-refractivity contribution in [1.29, 1.82) is 5.26 Å². The van der Waals surface area contributed by atoms with Gasteiger partial charge in [0.25, 0.3) is 5.91 Å². The molecule has 3 aliphatic heterocycles. The topological polar surface area (TPSA) is 116 Å². The van der Waals surface area contributed by atoms with Crippen molar-refractivity contribution in [2.45, 2.75) is 107 Å². The second kappa shape index (κ2) is 13.9. The second-order valence-corrected chi connectivity index (χ2v) is 10.9. The number of nitrogens with one attached hydrogen (secondary N) is 1. The molecule has 7 heteroatoms. The lowest BCUT2D eigenvalue weighted by Crippen LogP contribution is -2.07. The van der Waals surface area contributed by atoms with Gasteiger partial charge in [-0.1, -0.05) is 55.4 Å². The minimum absolute atomic E-state index is 0.137. The first-order valence-corrected chi connectivity index (χ1v) is 16.1. The van der Waals surface area contributed by atoms with Crippen LogP contribution in [0.5, 0.6) is 0 Å². The van der Waals surface area contributed by atoms with Crippen molar-refractivity contribution in [3.05, 3.63) is 84.9 Å². The first-order valence-electron chi connectivity index (χ1n) is 16.1. The first kappa shape index (κ1) is 32.5. The van der Waals surface area contributed by atoms with Crippen LogP contribution in [0.1, 0.15) is 116 Å². The number of aliphatic imine (C=N–C) groups is 3. The number of aromatic nitrogens is 1. The Bertz CT molecular complexity index is 1750. The van der Waals surface area contributed by atoms with E-state index in [0.29, 0.717) is 41.9 Å². The van der Waals surface area contributed by atoms with Crippen molar-refractivity contribution in [1.82, 2.24) is 4.98 Å². The van der Waals surface area contributed by atoms with Crippen molar-refractivity contribution in [3.8, 4) is 6.07 Å². The Morgan fingerprint density at radius 3 is 1.68 bits per heavy atom. The van der Waals surface area contributed by atoms with Gasteiger partial charge in [-0.3, -0.25) is 10.7 Å². The zero-order valence-corrected chi connectivity index (χ0v) is 27.5. The molecule has 4 rings (SSSR count). The van der Waals surface area contributed by atoms with Gasteiger partial charge in [-0.2, -0.15) is 5.26 Å². The highest BCUT2D eigenvalue weighted by molar-refractivity contribution is 6.40. The molecule has 228 valence electrons. The lowest BCUT2D eigenvalue weighted by molar-refractivity contribution is -0.114. The number of hydrogen-bond acceptors (Lipinski definition) is 4. The Morgan fingerprint density at radius 1 is 0.682 bits per heavy atom. The highest BCUT2D eigenvalue weighted by Gasteiger charge is 2.30. The summed E-state index contributed by atoms with van der Waals surface area (Å²) in [6.07, 6.45) is 10.0. The molecule has 44 heavy (non-hydrogen) atoms. The first-order chi connectivity index (χ1) is 21.3. The third-order valence-corrected chi connectivity index (χ3v) is 8.87. The van der Waals surface area contributed by atoms with Crippen molar-refractivity contribution >= 4 is 34.5 Å². The molecular formula is C37H43N6O-. The zero-order chi connectivity index (χ0) is 32.1. The quantitative estimate of drug-likeness (QED) is 0.246. The van der Waals surface area contributed by atoms with Crippen LogP contribution >= 0.6 is 0 Å². The number of hydrogen-bond donors (Lipinski definition) is 1. The summed E-state index contributed by atoms with van der Waals surface area (Å²) in [5.41, 5.74) is 13.9. The van der Waals surface area contributed by atoms with Crippen molar-refractivity contribution < 1.29 is 4.79 Å². The van der Waals surface area contributed by atoms with Gasteiger partial charge < -0.3 is 10.4 Å². The minimum atomic E-state index is -0.137. The SMILES string of the molecule is CCC1=C(CC)C(C=C2N=C(C=C3N=C(C(=C=[N-])c4[nH]c(C#N)c(CC)c4CC)C(CC)=C3CC)C(CC)=C2CC)=NC1=O. The standard InChI is InChI=1S/C37H43N6O/c1-9-21-22(10-2)31(18-33-25(13-5)28(16-8)37(44)43-33)40-30(21)17-32-23(11-3)26(14-6)35(41-32)29(19-38)36-27(15-7)24(12-4)34(20-39)42-36/h17-18,42H,9-16H2,1-8H3/q-1. The predicted octanol–water partition coefficient (Wildman–Crippen LogP) is 8.64. The zero-order valence-electron chi connectivity index (χ0n) is 27.5. The van der Waals surface area contributed by atoms with E-state index in [9.17, 15) is 15.5 Å². The summed E-state index contributed by atoms with van der Waals surface area (Å²) >= 11 is 0. The Hall–Kier alpha value is -4.40. The van der Waals surface area contributed by atoms with Crippen LogP contribution in [0.3, 0.4) is 0 Å².